The molecule has 0 amide bonds. The molecule has 0 fully saturated rings. The standard InChI is InChI=1S/C12H18N2/c1-10-6-4-7-11(2)12(10)14-9-5-8-13-3/h4,6-7,14H,3,5,8-9H2,1-2H3. The molecule has 2 heteroatoms. The van der Waals surface area contributed by atoms with Crippen LogP contribution in [0.4, 0.5) is 5.69 Å². The maximum atomic E-state index is 3.82. The van der Waals surface area contributed by atoms with Gasteiger partial charge in [0.2, 0.25) is 0 Å². The van der Waals surface area contributed by atoms with Crippen molar-refractivity contribution in [2.24, 2.45) is 4.99 Å². The first-order valence-electron chi connectivity index (χ1n) is 4.98. The lowest BCUT2D eigenvalue weighted by atomic mass is 10.1. The Kier molecular flexibility index (Phi) is 4.17. The summed E-state index contributed by atoms with van der Waals surface area (Å²) in [6.45, 7) is 9.51. The van der Waals surface area contributed by atoms with Crippen molar-refractivity contribution in [3.05, 3.63) is 29.3 Å². The number of nitrogens with one attached hydrogen (secondary N) is 1. The lowest BCUT2D eigenvalue weighted by Gasteiger charge is -2.11. The zero-order valence-electron chi connectivity index (χ0n) is 9.01. The van der Waals surface area contributed by atoms with Gasteiger partial charge in [0, 0.05) is 18.8 Å². The number of benzene rings is 1. The van der Waals surface area contributed by atoms with Gasteiger partial charge in [0.1, 0.15) is 0 Å². The van der Waals surface area contributed by atoms with Crippen molar-refractivity contribution in [1.29, 1.82) is 0 Å². The third-order valence-electron chi connectivity index (χ3n) is 2.28. The maximum Gasteiger partial charge on any atom is 0.0399 e. The SMILES string of the molecule is C=NCCCNc1c(C)cccc1C. The van der Waals surface area contributed by atoms with Crippen LogP contribution in [-0.2, 0) is 0 Å². The molecule has 0 spiro atoms. The van der Waals surface area contributed by atoms with E-state index in [1.165, 1.54) is 16.8 Å². The molecular weight excluding hydrogens is 172 g/mol. The second-order valence-corrected chi connectivity index (χ2v) is 3.49. The molecule has 0 aliphatic carbocycles. The van der Waals surface area contributed by atoms with Crippen molar-refractivity contribution >= 4 is 12.4 Å². The lowest BCUT2D eigenvalue weighted by molar-refractivity contribution is 0.878. The summed E-state index contributed by atoms with van der Waals surface area (Å²) in [7, 11) is 0. The molecule has 0 aromatic heterocycles. The Morgan fingerprint density at radius 1 is 1.29 bits per heavy atom. The highest BCUT2D eigenvalue weighted by molar-refractivity contribution is 5.56. The van der Waals surface area contributed by atoms with Gasteiger partial charge in [-0.05, 0) is 38.1 Å². The van der Waals surface area contributed by atoms with Gasteiger partial charge in [-0.25, -0.2) is 0 Å². The highest BCUT2D eigenvalue weighted by atomic mass is 14.9. The van der Waals surface area contributed by atoms with Crippen LogP contribution in [0.15, 0.2) is 23.2 Å². The molecule has 0 saturated carbocycles. The highest BCUT2D eigenvalue weighted by Gasteiger charge is 1.99. The smallest absolute Gasteiger partial charge is 0.0399 e. The summed E-state index contributed by atoms with van der Waals surface area (Å²) in [5.74, 6) is 0. The topological polar surface area (TPSA) is 24.4 Å². The second kappa shape index (κ2) is 5.43. The van der Waals surface area contributed by atoms with E-state index >= 15 is 0 Å². The first-order valence-corrected chi connectivity index (χ1v) is 4.98. The molecule has 0 heterocycles. The van der Waals surface area contributed by atoms with Crippen LogP contribution in [0.2, 0.25) is 0 Å². The largest absolute Gasteiger partial charge is 0.385 e. The van der Waals surface area contributed by atoms with Gasteiger partial charge < -0.3 is 10.3 Å². The minimum absolute atomic E-state index is 0.831. The zero-order chi connectivity index (χ0) is 10.4. The van der Waals surface area contributed by atoms with Crippen LogP contribution in [0.3, 0.4) is 0 Å². The second-order valence-electron chi connectivity index (χ2n) is 3.49. The van der Waals surface area contributed by atoms with Crippen LogP contribution in [-0.4, -0.2) is 19.8 Å². The molecule has 0 radical (unpaired) electrons. The Bertz CT molecular complexity index is 285. The summed E-state index contributed by atoms with van der Waals surface area (Å²) in [4.78, 5) is 3.82. The Hall–Kier alpha value is -1.31. The van der Waals surface area contributed by atoms with E-state index in [1.54, 1.807) is 0 Å². The molecule has 1 N–H and O–H groups in total. The third-order valence-corrected chi connectivity index (χ3v) is 2.28. The predicted molar refractivity (Wildman–Crippen MR) is 63.4 cm³/mol. The van der Waals surface area contributed by atoms with Gasteiger partial charge in [-0.15, -0.1) is 0 Å². The van der Waals surface area contributed by atoms with E-state index in [9.17, 15) is 0 Å². The van der Waals surface area contributed by atoms with E-state index in [4.69, 9.17) is 0 Å². The highest BCUT2D eigenvalue weighted by Crippen LogP contribution is 2.18. The van der Waals surface area contributed by atoms with Crippen LogP contribution >= 0.6 is 0 Å². The van der Waals surface area contributed by atoms with Gasteiger partial charge in [0.15, 0.2) is 0 Å². The molecule has 1 rings (SSSR count). The Balaban J connectivity index is 2.53. The van der Waals surface area contributed by atoms with Crippen LogP contribution in [0, 0.1) is 13.8 Å². The number of nitrogens with zero attached hydrogens (tertiary/aromatic N) is 1. The van der Waals surface area contributed by atoms with Crippen molar-refractivity contribution in [3.63, 3.8) is 0 Å². The van der Waals surface area contributed by atoms with E-state index in [0.29, 0.717) is 0 Å². The molecule has 2 nitrogen and oxygen atoms in total. The Morgan fingerprint density at radius 2 is 1.93 bits per heavy atom. The predicted octanol–water partition coefficient (Wildman–Crippen LogP) is 2.81. The fraction of sp³-hybridized carbons (Fsp3) is 0.417. The maximum absolute atomic E-state index is 3.82. The fourth-order valence-corrected chi connectivity index (χ4v) is 1.50. The number of aliphatic imine (C=N–C) groups is 1. The van der Waals surface area contributed by atoms with E-state index < -0.39 is 0 Å². The zero-order valence-corrected chi connectivity index (χ0v) is 9.01. The van der Waals surface area contributed by atoms with Crippen molar-refractivity contribution in [2.75, 3.05) is 18.4 Å². The summed E-state index contributed by atoms with van der Waals surface area (Å²) in [5.41, 5.74) is 3.87. The van der Waals surface area contributed by atoms with Crippen molar-refractivity contribution in [3.8, 4) is 0 Å². The number of hydrogen-bond donors (Lipinski definition) is 1. The van der Waals surface area contributed by atoms with Gasteiger partial charge in [-0.1, -0.05) is 18.2 Å². The minimum Gasteiger partial charge on any atom is -0.385 e. The van der Waals surface area contributed by atoms with E-state index in [1.807, 2.05) is 0 Å². The van der Waals surface area contributed by atoms with Gasteiger partial charge in [-0.3, -0.25) is 0 Å². The summed E-state index contributed by atoms with van der Waals surface area (Å²) < 4.78 is 0. The third kappa shape index (κ3) is 2.87. The molecule has 14 heavy (non-hydrogen) atoms. The van der Waals surface area contributed by atoms with E-state index in [0.717, 1.165) is 19.5 Å². The Labute approximate surface area is 86.1 Å². The number of aryl methyl sites for hydroxylation is 2. The van der Waals surface area contributed by atoms with Crippen LogP contribution < -0.4 is 5.32 Å². The van der Waals surface area contributed by atoms with E-state index in [-0.39, 0.29) is 0 Å². The summed E-state index contributed by atoms with van der Waals surface area (Å²) in [6, 6.07) is 6.34. The summed E-state index contributed by atoms with van der Waals surface area (Å²) >= 11 is 0. The first-order chi connectivity index (χ1) is 6.75. The minimum atomic E-state index is 0.831. The molecule has 1 aromatic rings. The quantitative estimate of drug-likeness (QED) is 0.560. The lowest BCUT2D eigenvalue weighted by Crippen LogP contribution is -2.05. The molecular formula is C12H18N2. The molecule has 0 aliphatic rings. The molecule has 0 saturated heterocycles. The molecule has 0 unspecified atom stereocenters. The molecule has 0 bridgehead atoms. The Morgan fingerprint density at radius 3 is 2.50 bits per heavy atom. The van der Waals surface area contributed by atoms with Gasteiger partial charge in [-0.2, -0.15) is 0 Å². The molecule has 0 aliphatic heterocycles. The van der Waals surface area contributed by atoms with Crippen molar-refractivity contribution in [1.82, 2.24) is 0 Å². The number of anilines is 1. The van der Waals surface area contributed by atoms with Gasteiger partial charge in [0.25, 0.3) is 0 Å². The monoisotopic (exact) mass is 190 g/mol. The summed E-state index contributed by atoms with van der Waals surface area (Å²) in [5, 5.41) is 3.43. The van der Waals surface area contributed by atoms with Gasteiger partial charge >= 0.3 is 0 Å². The fourth-order valence-electron chi connectivity index (χ4n) is 1.50. The van der Waals surface area contributed by atoms with Crippen LogP contribution in [0.25, 0.3) is 0 Å². The average Bonchev–Trinajstić information content (AvgIpc) is 2.16. The summed E-state index contributed by atoms with van der Waals surface area (Å²) in [6.07, 6.45) is 1.04. The van der Waals surface area contributed by atoms with Crippen molar-refractivity contribution in [2.45, 2.75) is 20.3 Å². The first kappa shape index (κ1) is 10.8. The van der Waals surface area contributed by atoms with Crippen molar-refractivity contribution < 1.29 is 0 Å². The number of para-hydroxylation sites is 1. The molecule has 0 atom stereocenters. The normalized spacial score (nSPS) is 9.86. The number of rotatable bonds is 5. The van der Waals surface area contributed by atoms with E-state index in [2.05, 4.69) is 49.1 Å². The van der Waals surface area contributed by atoms with Crippen LogP contribution in [0.1, 0.15) is 17.5 Å². The molecule has 76 valence electrons. The average molecular weight is 190 g/mol. The number of hydrogen-bond acceptors (Lipinski definition) is 2. The van der Waals surface area contributed by atoms with Crippen LogP contribution in [0.5, 0.6) is 0 Å². The van der Waals surface area contributed by atoms with Gasteiger partial charge in [0.05, 0.1) is 0 Å². The molecule has 1 aromatic carbocycles.